The van der Waals surface area contributed by atoms with Gasteiger partial charge in [-0.05, 0) is 43.7 Å². The molecular formula is C22H27ClN4O4S. The van der Waals surface area contributed by atoms with Crippen LogP contribution in [0.2, 0.25) is 5.02 Å². The number of carbonyl (C=O) groups excluding carboxylic acids is 2. The third-order valence-corrected chi connectivity index (χ3v) is 7.43. The molecule has 0 spiro atoms. The molecule has 1 fully saturated rings. The molecule has 0 aliphatic carbocycles. The van der Waals surface area contributed by atoms with Crippen molar-refractivity contribution in [2.24, 2.45) is 0 Å². The maximum Gasteiger partial charge on any atom is 0.243 e. The number of nitrogens with one attached hydrogen (secondary N) is 2. The Morgan fingerprint density at radius 2 is 1.56 bits per heavy atom. The normalized spacial score (nSPS) is 15.3. The monoisotopic (exact) mass is 478 g/mol. The van der Waals surface area contributed by atoms with E-state index in [1.165, 1.54) is 4.31 Å². The fourth-order valence-electron chi connectivity index (χ4n) is 3.34. The Labute approximate surface area is 193 Å². The molecule has 32 heavy (non-hydrogen) atoms. The maximum absolute atomic E-state index is 12.8. The van der Waals surface area contributed by atoms with Crippen LogP contribution in [0.3, 0.4) is 0 Å². The van der Waals surface area contributed by atoms with Crippen LogP contribution in [0.15, 0.2) is 47.4 Å². The third-order valence-electron chi connectivity index (χ3n) is 5.20. The van der Waals surface area contributed by atoms with Crippen molar-refractivity contribution in [3.8, 4) is 0 Å². The van der Waals surface area contributed by atoms with Crippen molar-refractivity contribution in [2.45, 2.75) is 18.7 Å². The van der Waals surface area contributed by atoms with Gasteiger partial charge in [-0.25, -0.2) is 8.42 Å². The molecule has 1 saturated heterocycles. The lowest BCUT2D eigenvalue weighted by molar-refractivity contribution is -0.125. The van der Waals surface area contributed by atoms with Crippen LogP contribution in [-0.2, 0) is 19.6 Å². The zero-order valence-electron chi connectivity index (χ0n) is 18.1. The zero-order chi connectivity index (χ0) is 23.3. The summed E-state index contributed by atoms with van der Waals surface area (Å²) in [6.07, 6.45) is 0. The molecule has 0 radical (unpaired) electrons. The number of anilines is 1. The van der Waals surface area contributed by atoms with Crippen molar-refractivity contribution in [3.63, 3.8) is 0 Å². The van der Waals surface area contributed by atoms with E-state index in [2.05, 4.69) is 10.6 Å². The van der Waals surface area contributed by atoms with E-state index in [-0.39, 0.29) is 29.8 Å². The number of aryl methyl sites for hydroxylation is 2. The van der Waals surface area contributed by atoms with E-state index in [9.17, 15) is 18.0 Å². The topological polar surface area (TPSA) is 98.8 Å². The summed E-state index contributed by atoms with van der Waals surface area (Å²) in [6, 6.07) is 12.1. The van der Waals surface area contributed by atoms with Crippen LogP contribution < -0.4 is 10.6 Å². The third kappa shape index (κ3) is 6.29. The number of benzene rings is 2. The molecule has 2 N–H and O–H groups in total. The van der Waals surface area contributed by atoms with E-state index in [1.54, 1.807) is 36.4 Å². The lowest BCUT2D eigenvalue weighted by atomic mass is 10.2. The number of halogens is 1. The van der Waals surface area contributed by atoms with Gasteiger partial charge in [-0.3, -0.25) is 14.5 Å². The second-order valence-corrected chi connectivity index (χ2v) is 10.1. The number of nitrogens with zero attached hydrogens (tertiary/aromatic N) is 2. The van der Waals surface area contributed by atoms with Gasteiger partial charge in [-0.15, -0.1) is 0 Å². The molecule has 1 heterocycles. The predicted molar refractivity (Wildman–Crippen MR) is 124 cm³/mol. The SMILES string of the molecule is Cc1ccc(S(=O)(=O)N2CCN(CC(=O)NCC(=O)Nc3ccc(C)cc3Cl)CC2)cc1. The average molecular weight is 479 g/mol. The molecular weight excluding hydrogens is 452 g/mol. The Balaban J connectivity index is 1.43. The van der Waals surface area contributed by atoms with Gasteiger partial charge in [-0.2, -0.15) is 4.31 Å². The fourth-order valence-corrected chi connectivity index (χ4v) is 5.05. The molecule has 172 valence electrons. The van der Waals surface area contributed by atoms with Gasteiger partial charge in [0, 0.05) is 26.2 Å². The van der Waals surface area contributed by atoms with E-state index in [0.717, 1.165) is 11.1 Å². The molecule has 2 aromatic rings. The summed E-state index contributed by atoms with van der Waals surface area (Å²) >= 11 is 6.10. The molecule has 1 aliphatic heterocycles. The highest BCUT2D eigenvalue weighted by atomic mass is 35.5. The lowest BCUT2D eigenvalue weighted by Crippen LogP contribution is -2.51. The van der Waals surface area contributed by atoms with Gasteiger partial charge >= 0.3 is 0 Å². The van der Waals surface area contributed by atoms with Crippen molar-refractivity contribution in [3.05, 3.63) is 58.6 Å². The quantitative estimate of drug-likeness (QED) is 0.634. The van der Waals surface area contributed by atoms with Gasteiger partial charge in [-0.1, -0.05) is 35.4 Å². The molecule has 0 bridgehead atoms. The lowest BCUT2D eigenvalue weighted by Gasteiger charge is -2.33. The van der Waals surface area contributed by atoms with Crippen molar-refractivity contribution >= 4 is 39.1 Å². The minimum atomic E-state index is -3.55. The Morgan fingerprint density at radius 1 is 0.938 bits per heavy atom. The molecule has 2 aromatic carbocycles. The summed E-state index contributed by atoms with van der Waals surface area (Å²) in [5, 5.41) is 5.68. The second kappa shape index (κ2) is 10.4. The Morgan fingerprint density at radius 3 is 2.19 bits per heavy atom. The number of hydrogen-bond acceptors (Lipinski definition) is 5. The van der Waals surface area contributed by atoms with Crippen molar-refractivity contribution in [2.75, 3.05) is 44.6 Å². The van der Waals surface area contributed by atoms with Crippen LogP contribution in [-0.4, -0.2) is 68.7 Å². The van der Waals surface area contributed by atoms with Crippen LogP contribution in [0, 0.1) is 13.8 Å². The van der Waals surface area contributed by atoms with Crippen LogP contribution in [0.1, 0.15) is 11.1 Å². The van der Waals surface area contributed by atoms with Gasteiger partial charge in [0.15, 0.2) is 0 Å². The molecule has 0 saturated carbocycles. The number of piperazine rings is 1. The van der Waals surface area contributed by atoms with Crippen LogP contribution in [0.4, 0.5) is 5.69 Å². The number of hydrogen-bond donors (Lipinski definition) is 2. The predicted octanol–water partition coefficient (Wildman–Crippen LogP) is 2.02. The summed E-state index contributed by atoms with van der Waals surface area (Å²) in [5.74, 6) is -0.678. The first-order chi connectivity index (χ1) is 15.1. The molecule has 0 atom stereocenters. The Kier molecular flexibility index (Phi) is 7.89. The first-order valence-corrected chi connectivity index (χ1v) is 12.1. The largest absolute Gasteiger partial charge is 0.346 e. The van der Waals surface area contributed by atoms with Gasteiger partial charge in [0.25, 0.3) is 0 Å². The smallest absolute Gasteiger partial charge is 0.243 e. The first-order valence-electron chi connectivity index (χ1n) is 10.3. The molecule has 10 heteroatoms. The van der Waals surface area contributed by atoms with E-state index < -0.39 is 10.0 Å². The maximum atomic E-state index is 12.8. The summed E-state index contributed by atoms with van der Waals surface area (Å²) < 4.78 is 27.0. The van der Waals surface area contributed by atoms with E-state index >= 15 is 0 Å². The first kappa shape index (κ1) is 24.2. The summed E-state index contributed by atoms with van der Waals surface area (Å²) in [7, 11) is -3.55. The molecule has 8 nitrogen and oxygen atoms in total. The highest BCUT2D eigenvalue weighted by Crippen LogP contribution is 2.22. The molecule has 1 aliphatic rings. The van der Waals surface area contributed by atoms with Crippen molar-refractivity contribution in [1.82, 2.24) is 14.5 Å². The summed E-state index contributed by atoms with van der Waals surface area (Å²) in [5.41, 5.74) is 2.46. The van der Waals surface area contributed by atoms with E-state index in [4.69, 9.17) is 11.6 Å². The van der Waals surface area contributed by atoms with Crippen LogP contribution in [0.5, 0.6) is 0 Å². The highest BCUT2D eigenvalue weighted by Gasteiger charge is 2.29. The Bertz CT molecular complexity index is 1080. The van der Waals surface area contributed by atoms with Gasteiger partial charge in [0.1, 0.15) is 0 Å². The molecule has 0 aromatic heterocycles. The minimum Gasteiger partial charge on any atom is -0.346 e. The van der Waals surface area contributed by atoms with Gasteiger partial charge < -0.3 is 10.6 Å². The Hall–Kier alpha value is -2.46. The standard InChI is InChI=1S/C22H27ClN4O4S/c1-16-3-6-18(7-4-16)32(30,31)27-11-9-26(10-12-27)15-22(29)24-14-21(28)25-20-8-5-17(2)13-19(20)23/h3-8,13H,9-12,14-15H2,1-2H3,(H,24,29)(H,25,28). The molecule has 2 amide bonds. The molecule has 3 rings (SSSR count). The van der Waals surface area contributed by atoms with Crippen molar-refractivity contribution < 1.29 is 18.0 Å². The van der Waals surface area contributed by atoms with E-state index in [0.29, 0.717) is 36.9 Å². The molecule has 0 unspecified atom stereocenters. The van der Waals surface area contributed by atoms with E-state index in [1.807, 2.05) is 24.8 Å². The highest BCUT2D eigenvalue weighted by molar-refractivity contribution is 7.89. The van der Waals surface area contributed by atoms with Crippen LogP contribution in [0.25, 0.3) is 0 Å². The summed E-state index contributed by atoms with van der Waals surface area (Å²) in [6.45, 7) is 5.19. The zero-order valence-corrected chi connectivity index (χ0v) is 19.7. The van der Waals surface area contributed by atoms with Crippen molar-refractivity contribution in [1.29, 1.82) is 0 Å². The average Bonchev–Trinajstić information content (AvgIpc) is 2.75. The minimum absolute atomic E-state index is 0.0942. The fraction of sp³-hybridized carbons (Fsp3) is 0.364. The number of rotatable bonds is 7. The van der Waals surface area contributed by atoms with Crippen LogP contribution >= 0.6 is 11.6 Å². The second-order valence-electron chi connectivity index (χ2n) is 7.80. The summed E-state index contributed by atoms with van der Waals surface area (Å²) in [4.78, 5) is 26.4. The number of amides is 2. The van der Waals surface area contributed by atoms with Gasteiger partial charge in [0.05, 0.1) is 28.7 Å². The van der Waals surface area contributed by atoms with Gasteiger partial charge in [0.2, 0.25) is 21.8 Å². The number of carbonyl (C=O) groups is 2. The number of sulfonamides is 1.